The van der Waals surface area contributed by atoms with Crippen molar-refractivity contribution in [3.8, 4) is 6.07 Å². The molecule has 228 valence electrons. The molecule has 1 aromatic heterocycles. The molecule has 0 saturated carbocycles. The molecule has 4 rings (SSSR count). The monoisotopic (exact) mass is 618 g/mol. The van der Waals surface area contributed by atoms with Crippen molar-refractivity contribution in [2.24, 2.45) is 0 Å². The van der Waals surface area contributed by atoms with E-state index in [2.05, 4.69) is 21.7 Å². The molecule has 2 N–H and O–H groups in total. The maximum atomic E-state index is 13.8. The first kappa shape index (κ1) is 32.2. The molecule has 11 heteroatoms. The Balaban J connectivity index is 1.49. The SMILES string of the molecule is CC[C@@H](CN(Cc1ccccc1C(F)(F)F)C(=S)Nc1ccccc1C)NC(=O)Cc1cncn1Cc1ccc(C#N)cc1. The number of thiocarbonyl (C=S) groups is 1. The standard InChI is InChI=1S/C33H33F3N6OS/c1-3-27(39-31(43)16-28-18-38-22-42(28)19-25-14-12-24(17-37)13-15-25)21-41(32(44)40-30-11-7-4-8-23(30)2)20-26-9-5-6-10-29(26)33(34,35)36/h4-15,18,22,27H,3,16,19-21H2,1-2H3,(H,39,43)(H,40,44)/t27-/m0/s1. The number of rotatable bonds is 11. The van der Waals surface area contributed by atoms with E-state index >= 15 is 0 Å². The number of benzene rings is 3. The molecule has 1 heterocycles. The Morgan fingerprint density at radius 2 is 1.80 bits per heavy atom. The summed E-state index contributed by atoms with van der Waals surface area (Å²) in [5, 5.41) is 15.5. The van der Waals surface area contributed by atoms with Gasteiger partial charge in [-0.05, 0) is 66.5 Å². The van der Waals surface area contributed by atoms with Crippen LogP contribution in [0.5, 0.6) is 0 Å². The van der Waals surface area contributed by atoms with Gasteiger partial charge in [-0.1, -0.05) is 55.5 Å². The first-order valence-corrected chi connectivity index (χ1v) is 14.5. The van der Waals surface area contributed by atoms with Gasteiger partial charge in [-0.25, -0.2) is 4.98 Å². The highest BCUT2D eigenvalue weighted by molar-refractivity contribution is 7.80. The Morgan fingerprint density at radius 3 is 2.48 bits per heavy atom. The maximum Gasteiger partial charge on any atom is 0.416 e. The van der Waals surface area contributed by atoms with E-state index in [9.17, 15) is 18.0 Å². The molecule has 0 aliphatic carbocycles. The molecule has 1 atom stereocenters. The van der Waals surface area contributed by atoms with Crippen molar-refractivity contribution in [2.75, 3.05) is 11.9 Å². The van der Waals surface area contributed by atoms with Crippen molar-refractivity contribution in [2.45, 2.75) is 52.0 Å². The zero-order valence-electron chi connectivity index (χ0n) is 24.4. The van der Waals surface area contributed by atoms with Crippen molar-refractivity contribution in [3.63, 3.8) is 0 Å². The predicted molar refractivity (Wildman–Crippen MR) is 168 cm³/mol. The fraction of sp³-hybridized carbons (Fsp3) is 0.273. The van der Waals surface area contributed by atoms with Gasteiger partial charge in [-0.3, -0.25) is 4.79 Å². The molecule has 0 bridgehead atoms. The summed E-state index contributed by atoms with van der Waals surface area (Å²) in [6.45, 7) is 4.39. The zero-order chi connectivity index (χ0) is 31.7. The minimum Gasteiger partial charge on any atom is -0.351 e. The molecule has 44 heavy (non-hydrogen) atoms. The van der Waals surface area contributed by atoms with E-state index in [-0.39, 0.29) is 36.1 Å². The number of alkyl halides is 3. The molecule has 0 fully saturated rings. The molecule has 0 aliphatic rings. The third kappa shape index (κ3) is 8.67. The average molecular weight is 619 g/mol. The van der Waals surface area contributed by atoms with E-state index in [4.69, 9.17) is 17.5 Å². The number of hydrogen-bond acceptors (Lipinski definition) is 4. The van der Waals surface area contributed by atoms with Crippen LogP contribution in [0.3, 0.4) is 0 Å². The van der Waals surface area contributed by atoms with Gasteiger partial charge in [-0.2, -0.15) is 18.4 Å². The number of carbonyl (C=O) groups excluding carboxylic acids is 1. The summed E-state index contributed by atoms with van der Waals surface area (Å²) in [7, 11) is 0. The molecule has 0 saturated heterocycles. The molecular formula is C33H33F3N6OS. The third-order valence-electron chi connectivity index (χ3n) is 7.23. The fourth-order valence-electron chi connectivity index (χ4n) is 4.77. The van der Waals surface area contributed by atoms with Crippen LogP contribution in [0.2, 0.25) is 0 Å². The lowest BCUT2D eigenvalue weighted by molar-refractivity contribution is -0.138. The van der Waals surface area contributed by atoms with Crippen molar-refractivity contribution in [3.05, 3.63) is 119 Å². The minimum atomic E-state index is -4.52. The fourth-order valence-corrected chi connectivity index (χ4v) is 5.02. The Morgan fingerprint density at radius 1 is 1.09 bits per heavy atom. The van der Waals surface area contributed by atoms with Crippen LogP contribution in [-0.2, 0) is 30.5 Å². The summed E-state index contributed by atoms with van der Waals surface area (Å²) in [4.78, 5) is 19.1. The van der Waals surface area contributed by atoms with Crippen LogP contribution < -0.4 is 10.6 Å². The van der Waals surface area contributed by atoms with Gasteiger partial charge in [-0.15, -0.1) is 0 Å². The Bertz CT molecular complexity index is 1630. The van der Waals surface area contributed by atoms with Crippen LogP contribution in [0.25, 0.3) is 0 Å². The number of hydrogen-bond donors (Lipinski definition) is 2. The highest BCUT2D eigenvalue weighted by Crippen LogP contribution is 2.32. The number of nitrogens with one attached hydrogen (secondary N) is 2. The molecule has 0 unspecified atom stereocenters. The van der Waals surface area contributed by atoms with Crippen molar-refractivity contribution in [1.29, 1.82) is 5.26 Å². The summed E-state index contributed by atoms with van der Waals surface area (Å²) < 4.78 is 43.4. The van der Waals surface area contributed by atoms with E-state index in [0.29, 0.717) is 24.2 Å². The minimum absolute atomic E-state index is 0.0651. The topological polar surface area (TPSA) is 86.0 Å². The van der Waals surface area contributed by atoms with E-state index in [1.54, 1.807) is 35.6 Å². The first-order valence-electron chi connectivity index (χ1n) is 14.1. The number of carbonyl (C=O) groups is 1. The molecule has 0 spiro atoms. The van der Waals surface area contributed by atoms with Gasteiger partial charge in [0.1, 0.15) is 0 Å². The van der Waals surface area contributed by atoms with Crippen LogP contribution in [-0.4, -0.2) is 38.1 Å². The third-order valence-corrected chi connectivity index (χ3v) is 7.59. The van der Waals surface area contributed by atoms with Gasteiger partial charge in [0.05, 0.1) is 29.9 Å². The summed E-state index contributed by atoms with van der Waals surface area (Å²) >= 11 is 5.71. The van der Waals surface area contributed by atoms with Gasteiger partial charge >= 0.3 is 6.18 Å². The summed E-state index contributed by atoms with van der Waals surface area (Å²) in [6, 6.07) is 21.8. The summed E-state index contributed by atoms with van der Waals surface area (Å²) in [5.74, 6) is -0.244. The van der Waals surface area contributed by atoms with Crippen LogP contribution in [0.1, 0.15) is 46.9 Å². The lowest BCUT2D eigenvalue weighted by Gasteiger charge is -2.31. The van der Waals surface area contributed by atoms with Crippen LogP contribution >= 0.6 is 12.2 Å². The largest absolute Gasteiger partial charge is 0.416 e. The van der Waals surface area contributed by atoms with E-state index in [1.807, 2.05) is 54.8 Å². The molecule has 1 amide bonds. The lowest BCUT2D eigenvalue weighted by Crippen LogP contribution is -2.47. The highest BCUT2D eigenvalue weighted by atomic mass is 32.1. The quantitative estimate of drug-likeness (QED) is 0.188. The number of halogens is 3. The van der Waals surface area contributed by atoms with Crippen molar-refractivity contribution >= 4 is 28.9 Å². The highest BCUT2D eigenvalue weighted by Gasteiger charge is 2.33. The Hall–Kier alpha value is -4.69. The van der Waals surface area contributed by atoms with Gasteiger partial charge in [0.2, 0.25) is 5.91 Å². The molecular weight excluding hydrogens is 585 g/mol. The second-order valence-corrected chi connectivity index (χ2v) is 10.8. The van der Waals surface area contributed by atoms with Crippen LogP contribution in [0, 0.1) is 18.3 Å². The zero-order valence-corrected chi connectivity index (χ0v) is 25.3. The van der Waals surface area contributed by atoms with E-state index < -0.39 is 17.8 Å². The molecule has 4 aromatic rings. The predicted octanol–water partition coefficient (Wildman–Crippen LogP) is 6.47. The van der Waals surface area contributed by atoms with Gasteiger partial charge in [0.15, 0.2) is 5.11 Å². The molecule has 3 aromatic carbocycles. The number of amides is 1. The number of aryl methyl sites for hydroxylation is 1. The first-order chi connectivity index (χ1) is 21.1. The molecule has 7 nitrogen and oxygen atoms in total. The van der Waals surface area contributed by atoms with Crippen LogP contribution in [0.15, 0.2) is 85.3 Å². The summed E-state index contributed by atoms with van der Waals surface area (Å²) in [5.41, 5.74) is 3.27. The number of aromatic nitrogens is 2. The van der Waals surface area contributed by atoms with E-state index in [0.717, 1.165) is 22.9 Å². The van der Waals surface area contributed by atoms with Gasteiger partial charge in [0, 0.05) is 43.3 Å². The summed E-state index contributed by atoms with van der Waals surface area (Å²) in [6.07, 6.45) is -0.651. The Labute approximate surface area is 260 Å². The molecule has 0 aliphatic heterocycles. The average Bonchev–Trinajstić information content (AvgIpc) is 3.43. The van der Waals surface area contributed by atoms with E-state index in [1.165, 1.54) is 12.1 Å². The van der Waals surface area contributed by atoms with Crippen molar-refractivity contribution in [1.82, 2.24) is 19.8 Å². The number of para-hydroxylation sites is 1. The van der Waals surface area contributed by atoms with Crippen LogP contribution in [0.4, 0.5) is 18.9 Å². The lowest BCUT2D eigenvalue weighted by atomic mass is 10.1. The molecule has 0 radical (unpaired) electrons. The second kappa shape index (κ2) is 14.7. The normalized spacial score (nSPS) is 11.8. The number of imidazole rings is 1. The maximum absolute atomic E-state index is 13.8. The number of nitriles is 1. The Kier molecular flexibility index (Phi) is 10.7. The number of nitrogens with zero attached hydrogens (tertiary/aromatic N) is 4. The number of anilines is 1. The second-order valence-electron chi connectivity index (χ2n) is 10.5. The van der Waals surface area contributed by atoms with Gasteiger partial charge < -0.3 is 20.1 Å². The van der Waals surface area contributed by atoms with Crippen molar-refractivity contribution < 1.29 is 18.0 Å². The van der Waals surface area contributed by atoms with Gasteiger partial charge in [0.25, 0.3) is 0 Å². The smallest absolute Gasteiger partial charge is 0.351 e.